The zero-order valence-corrected chi connectivity index (χ0v) is 16.1. The average Bonchev–Trinajstić information content (AvgIpc) is 2.66. The molecule has 0 aliphatic carbocycles. The third-order valence-corrected chi connectivity index (χ3v) is 5.58. The van der Waals surface area contributed by atoms with Crippen molar-refractivity contribution in [1.82, 2.24) is 0 Å². The van der Waals surface area contributed by atoms with Gasteiger partial charge < -0.3 is 9.22 Å². The Kier molecular flexibility index (Phi) is 7.01. The van der Waals surface area contributed by atoms with Crippen LogP contribution in [-0.4, -0.2) is 42.7 Å². The fraction of sp³-hybridized carbons (Fsp3) is 0.500. The lowest BCUT2D eigenvalue weighted by Gasteiger charge is -2.42. The van der Waals surface area contributed by atoms with Crippen LogP contribution in [0, 0.1) is 0 Å². The van der Waals surface area contributed by atoms with E-state index in [0.29, 0.717) is 18.2 Å². The summed E-state index contributed by atoms with van der Waals surface area (Å²) in [6.07, 6.45) is 2.29. The summed E-state index contributed by atoms with van der Waals surface area (Å²) < 4.78 is 6.65. The number of ether oxygens (including phenoxy) is 1. The highest BCUT2D eigenvalue weighted by Crippen LogP contribution is 2.19. The van der Waals surface area contributed by atoms with Crippen molar-refractivity contribution >= 4 is 16.7 Å². The van der Waals surface area contributed by atoms with Crippen molar-refractivity contribution in [2.75, 3.05) is 26.2 Å². The molecular formula is C22H32NO2+. The highest BCUT2D eigenvalue weighted by atomic mass is 16.5. The maximum atomic E-state index is 12.4. The molecule has 0 aliphatic rings. The number of nitrogens with zero attached hydrogens (tertiary/aromatic N) is 1. The van der Waals surface area contributed by atoms with Gasteiger partial charge >= 0.3 is 5.97 Å². The van der Waals surface area contributed by atoms with Gasteiger partial charge in [0.2, 0.25) is 0 Å². The molecule has 0 aromatic heterocycles. The number of hydrogen-bond acceptors (Lipinski definition) is 2. The number of carbonyl (C=O) groups excluding carboxylic acids is 1. The molecule has 0 aliphatic heterocycles. The second-order valence-electron chi connectivity index (χ2n) is 6.94. The van der Waals surface area contributed by atoms with E-state index < -0.39 is 0 Å². The molecule has 2 aromatic rings. The first-order chi connectivity index (χ1) is 12.1. The van der Waals surface area contributed by atoms with E-state index in [2.05, 4.69) is 33.8 Å². The molecule has 2 unspecified atom stereocenters. The van der Waals surface area contributed by atoms with Crippen LogP contribution in [-0.2, 0) is 4.74 Å². The SMILES string of the molecule is CCC[N+](CC)(CCOC(=O)c1ccc2ccccc2c1)C(C)CC. The number of hydrogen-bond donors (Lipinski definition) is 0. The molecule has 3 heteroatoms. The molecule has 0 radical (unpaired) electrons. The molecule has 0 fully saturated rings. The van der Waals surface area contributed by atoms with Crippen LogP contribution in [0.4, 0.5) is 0 Å². The Hall–Kier alpha value is -1.87. The monoisotopic (exact) mass is 342 g/mol. The summed E-state index contributed by atoms with van der Waals surface area (Å²) in [5.74, 6) is -0.222. The van der Waals surface area contributed by atoms with Crippen LogP contribution in [0.25, 0.3) is 10.8 Å². The Balaban J connectivity index is 2.02. The Morgan fingerprint density at radius 3 is 2.40 bits per heavy atom. The van der Waals surface area contributed by atoms with E-state index in [0.717, 1.165) is 47.7 Å². The standard InChI is InChI=1S/C22H32NO2/c1-5-14-23(7-3,18(4)6-2)15-16-25-22(24)21-13-12-19-10-8-9-11-20(19)17-21/h8-13,17-18H,5-7,14-16H2,1-4H3/q+1. The number of likely N-dealkylation sites (N-methyl/N-ethyl adjacent to an activating group) is 1. The zero-order valence-electron chi connectivity index (χ0n) is 16.1. The van der Waals surface area contributed by atoms with Gasteiger partial charge in [0.25, 0.3) is 0 Å². The van der Waals surface area contributed by atoms with Gasteiger partial charge in [-0.15, -0.1) is 0 Å². The number of rotatable bonds is 9. The maximum absolute atomic E-state index is 12.4. The number of fused-ring (bicyclic) bond motifs is 1. The van der Waals surface area contributed by atoms with Crippen LogP contribution < -0.4 is 0 Å². The number of esters is 1. The summed E-state index contributed by atoms with van der Waals surface area (Å²) in [7, 11) is 0. The highest BCUT2D eigenvalue weighted by molar-refractivity contribution is 5.95. The van der Waals surface area contributed by atoms with Gasteiger partial charge in [-0.25, -0.2) is 4.79 Å². The van der Waals surface area contributed by atoms with Crippen molar-refractivity contribution in [2.45, 2.75) is 46.6 Å². The van der Waals surface area contributed by atoms with Gasteiger partial charge in [-0.3, -0.25) is 0 Å². The van der Waals surface area contributed by atoms with Crippen molar-refractivity contribution in [3.8, 4) is 0 Å². The maximum Gasteiger partial charge on any atom is 0.338 e. The average molecular weight is 343 g/mol. The molecule has 0 saturated heterocycles. The molecule has 2 aromatic carbocycles. The quantitative estimate of drug-likeness (QED) is 0.471. The van der Waals surface area contributed by atoms with Gasteiger partial charge in [-0.05, 0) is 49.6 Å². The smallest absolute Gasteiger partial charge is 0.338 e. The van der Waals surface area contributed by atoms with Crippen LogP contribution in [0.3, 0.4) is 0 Å². The summed E-state index contributed by atoms with van der Waals surface area (Å²) in [6, 6.07) is 14.4. The molecule has 0 heterocycles. The molecule has 0 N–H and O–H groups in total. The summed E-state index contributed by atoms with van der Waals surface area (Å²) in [6.45, 7) is 12.6. The van der Waals surface area contributed by atoms with Crippen molar-refractivity contribution in [1.29, 1.82) is 0 Å². The second kappa shape index (κ2) is 9.00. The number of benzene rings is 2. The van der Waals surface area contributed by atoms with E-state index in [-0.39, 0.29) is 5.97 Å². The van der Waals surface area contributed by atoms with Gasteiger partial charge in [0.15, 0.2) is 0 Å². The minimum atomic E-state index is -0.222. The molecule has 2 atom stereocenters. The molecule has 3 nitrogen and oxygen atoms in total. The summed E-state index contributed by atoms with van der Waals surface area (Å²) >= 11 is 0. The molecule has 0 saturated carbocycles. The van der Waals surface area contributed by atoms with Crippen LogP contribution in [0.1, 0.15) is 50.9 Å². The predicted molar refractivity (Wildman–Crippen MR) is 105 cm³/mol. The van der Waals surface area contributed by atoms with E-state index >= 15 is 0 Å². The van der Waals surface area contributed by atoms with E-state index in [1.165, 1.54) is 0 Å². The molecule has 136 valence electrons. The van der Waals surface area contributed by atoms with E-state index in [1.807, 2.05) is 36.4 Å². The summed E-state index contributed by atoms with van der Waals surface area (Å²) in [4.78, 5) is 12.4. The van der Waals surface area contributed by atoms with E-state index in [1.54, 1.807) is 0 Å². The minimum absolute atomic E-state index is 0.222. The molecule has 2 rings (SSSR count). The first kappa shape index (κ1) is 19.5. The minimum Gasteiger partial charge on any atom is -0.456 e. The van der Waals surface area contributed by atoms with Crippen molar-refractivity contribution in [3.63, 3.8) is 0 Å². The number of carbonyl (C=O) groups is 1. The lowest BCUT2D eigenvalue weighted by molar-refractivity contribution is -0.948. The third-order valence-electron chi connectivity index (χ3n) is 5.58. The Bertz CT molecular complexity index is 697. The Morgan fingerprint density at radius 1 is 1.04 bits per heavy atom. The third kappa shape index (κ3) is 4.60. The topological polar surface area (TPSA) is 26.3 Å². The fourth-order valence-electron chi connectivity index (χ4n) is 3.73. The fourth-order valence-corrected chi connectivity index (χ4v) is 3.73. The van der Waals surface area contributed by atoms with E-state index in [4.69, 9.17) is 4.74 Å². The van der Waals surface area contributed by atoms with Crippen molar-refractivity contribution in [2.24, 2.45) is 0 Å². The second-order valence-corrected chi connectivity index (χ2v) is 6.94. The largest absolute Gasteiger partial charge is 0.456 e. The van der Waals surface area contributed by atoms with E-state index in [9.17, 15) is 4.79 Å². The molecule has 0 bridgehead atoms. The van der Waals surface area contributed by atoms with Crippen molar-refractivity contribution < 1.29 is 14.0 Å². The Labute approximate surface area is 152 Å². The van der Waals surface area contributed by atoms with Crippen LogP contribution >= 0.6 is 0 Å². The van der Waals surface area contributed by atoms with Gasteiger partial charge in [0.05, 0.1) is 24.7 Å². The molecule has 0 amide bonds. The summed E-state index contributed by atoms with van der Waals surface area (Å²) in [5, 5.41) is 2.21. The van der Waals surface area contributed by atoms with Gasteiger partial charge in [-0.2, -0.15) is 0 Å². The first-order valence-corrected chi connectivity index (χ1v) is 9.58. The van der Waals surface area contributed by atoms with Crippen molar-refractivity contribution in [3.05, 3.63) is 48.0 Å². The van der Waals surface area contributed by atoms with Crippen LogP contribution in [0.2, 0.25) is 0 Å². The number of quaternary nitrogens is 1. The highest BCUT2D eigenvalue weighted by Gasteiger charge is 2.30. The summed E-state index contributed by atoms with van der Waals surface area (Å²) in [5.41, 5.74) is 0.632. The zero-order chi connectivity index (χ0) is 18.3. The molecule has 25 heavy (non-hydrogen) atoms. The first-order valence-electron chi connectivity index (χ1n) is 9.58. The molecular weight excluding hydrogens is 310 g/mol. The van der Waals surface area contributed by atoms with Gasteiger partial charge in [0, 0.05) is 0 Å². The van der Waals surface area contributed by atoms with Crippen LogP contribution in [0.5, 0.6) is 0 Å². The van der Waals surface area contributed by atoms with Gasteiger partial charge in [-0.1, -0.05) is 44.2 Å². The predicted octanol–water partition coefficient (Wildman–Crippen LogP) is 5.04. The lowest BCUT2D eigenvalue weighted by atomic mass is 10.1. The van der Waals surface area contributed by atoms with Crippen LogP contribution in [0.15, 0.2) is 42.5 Å². The Morgan fingerprint density at radius 2 is 1.76 bits per heavy atom. The lowest BCUT2D eigenvalue weighted by Crippen LogP contribution is -2.56. The van der Waals surface area contributed by atoms with Gasteiger partial charge in [0.1, 0.15) is 13.2 Å². The normalized spacial score (nSPS) is 14.9. The molecule has 0 spiro atoms.